The van der Waals surface area contributed by atoms with Crippen molar-refractivity contribution in [3.8, 4) is 0 Å². The van der Waals surface area contributed by atoms with Crippen molar-refractivity contribution in [2.45, 2.75) is 0 Å². The van der Waals surface area contributed by atoms with Crippen LogP contribution in [0.5, 0.6) is 0 Å². The van der Waals surface area contributed by atoms with Crippen LogP contribution in [0.15, 0.2) is 243 Å². The first kappa shape index (κ1) is 37.2. The van der Waals surface area contributed by atoms with Crippen molar-refractivity contribution in [3.05, 3.63) is 243 Å². The number of halogens is 2. The predicted octanol–water partition coefficient (Wildman–Crippen LogP) is 9.61. The molecular formula is C48H42BrClP2. The molecule has 8 aromatic rings. The standard InChI is InChI=1S/C48H40P2.BrH.ClH/c1-9-25-41(26-10-1)49(42-27-11-2-12-28-42,43-29-13-3-14-30-43,44-31-15-4-16-32-44)50(45-33-17-5-18-34-45,46-35-19-6-20-36-46,47-37-21-7-22-38-47)48-39-23-8-24-40-48;;/h1-40H;2*1H. The zero-order valence-electron chi connectivity index (χ0n) is 28.8. The maximum absolute atomic E-state index is 4.19. The zero-order chi connectivity index (χ0) is 33.8. The molecule has 0 aliphatic heterocycles. The summed E-state index contributed by atoms with van der Waals surface area (Å²) >= 11 is 0. The quantitative estimate of drug-likeness (QED) is 0.128. The first-order valence-corrected chi connectivity index (χ1v) is 22.5. The second-order valence-electron chi connectivity index (χ2n) is 12.8. The van der Waals surface area contributed by atoms with Crippen LogP contribution >= 0.6 is 42.0 Å². The number of rotatable bonds is 9. The molecule has 0 N–H and O–H groups in total. The molecule has 8 rings (SSSR count). The second kappa shape index (κ2) is 15.2. The van der Waals surface area contributed by atoms with Gasteiger partial charge < -0.3 is 0 Å². The molecule has 258 valence electrons. The Labute approximate surface area is 325 Å². The van der Waals surface area contributed by atoms with E-state index in [4.69, 9.17) is 0 Å². The third kappa shape index (κ3) is 4.60. The zero-order valence-corrected chi connectivity index (χ0v) is 33.1. The van der Waals surface area contributed by atoms with Crippen LogP contribution in [0, 0.1) is 0 Å². The van der Waals surface area contributed by atoms with Crippen molar-refractivity contribution < 1.29 is 0 Å². The molecule has 0 saturated carbocycles. The summed E-state index contributed by atoms with van der Waals surface area (Å²) < 4.78 is 0. The summed E-state index contributed by atoms with van der Waals surface area (Å²) in [6.45, 7) is 0. The molecule has 0 unspecified atom stereocenters. The molecule has 0 nitrogen and oxygen atoms in total. The third-order valence-corrected chi connectivity index (χ3v) is 33.2. The molecule has 0 bridgehead atoms. The van der Waals surface area contributed by atoms with Gasteiger partial charge in [0.15, 0.2) is 0 Å². The fourth-order valence-electron chi connectivity index (χ4n) is 9.38. The third-order valence-electron chi connectivity index (χ3n) is 10.9. The molecule has 4 heteroatoms. The van der Waals surface area contributed by atoms with Gasteiger partial charge in [0.2, 0.25) is 0 Å². The average molecular weight is 796 g/mol. The van der Waals surface area contributed by atoms with E-state index in [1.54, 1.807) is 0 Å². The van der Waals surface area contributed by atoms with Crippen LogP contribution in [0.25, 0.3) is 0 Å². The number of hydrogen-bond acceptors (Lipinski definition) is 0. The molecule has 0 atom stereocenters. The Morgan fingerprint density at radius 3 is 0.365 bits per heavy atom. The number of benzene rings is 8. The van der Waals surface area contributed by atoms with E-state index in [0.717, 1.165) is 0 Å². The van der Waals surface area contributed by atoms with Gasteiger partial charge in [0.05, 0.1) is 0 Å². The Hall–Kier alpha value is -4.61. The van der Waals surface area contributed by atoms with E-state index >= 15 is 0 Å². The summed E-state index contributed by atoms with van der Waals surface area (Å²) in [7, 11) is 0. The van der Waals surface area contributed by atoms with Crippen LogP contribution < -0.4 is 42.4 Å². The van der Waals surface area contributed by atoms with Gasteiger partial charge in [-0.3, -0.25) is 0 Å². The molecule has 0 heterocycles. The van der Waals surface area contributed by atoms with Gasteiger partial charge in [0.1, 0.15) is 0 Å². The topological polar surface area (TPSA) is 0 Å². The van der Waals surface area contributed by atoms with Gasteiger partial charge in [-0.1, -0.05) is 0 Å². The number of hydrogen-bond donors (Lipinski definition) is 0. The summed E-state index contributed by atoms with van der Waals surface area (Å²) in [5.41, 5.74) is 0. The molecular weight excluding hydrogens is 754 g/mol. The maximum atomic E-state index is 2.43. The van der Waals surface area contributed by atoms with Crippen LogP contribution in [0.4, 0.5) is 0 Å². The predicted molar refractivity (Wildman–Crippen MR) is 240 cm³/mol. The van der Waals surface area contributed by atoms with E-state index in [-0.39, 0.29) is 29.4 Å². The SMILES string of the molecule is Br.Cl.c1ccc(P(c2ccccc2)(c2ccccc2)(c2ccccc2)P(c2ccccc2)(c2ccccc2)(c2ccccc2)c2ccccc2)cc1. The van der Waals surface area contributed by atoms with E-state index in [1.165, 1.54) is 42.4 Å². The summed E-state index contributed by atoms with van der Waals surface area (Å²) in [4.78, 5) is 0. The van der Waals surface area contributed by atoms with Gasteiger partial charge in [-0.15, -0.1) is 29.4 Å². The Bertz CT molecular complexity index is 1800. The van der Waals surface area contributed by atoms with Gasteiger partial charge in [0.25, 0.3) is 0 Å². The van der Waals surface area contributed by atoms with Gasteiger partial charge in [-0.05, 0) is 0 Å². The van der Waals surface area contributed by atoms with Gasteiger partial charge in [-0.25, -0.2) is 0 Å². The Morgan fingerprint density at radius 2 is 0.269 bits per heavy atom. The molecule has 0 fully saturated rings. The van der Waals surface area contributed by atoms with E-state index in [2.05, 4.69) is 243 Å². The normalized spacial score (nSPS) is 12.8. The summed E-state index contributed by atoms with van der Waals surface area (Å²) in [6, 6.07) is 92.3. The fraction of sp³-hybridized carbons (Fsp3) is 0. The van der Waals surface area contributed by atoms with Crippen LogP contribution in [0.2, 0.25) is 0 Å². The van der Waals surface area contributed by atoms with Crippen LogP contribution in [-0.2, 0) is 0 Å². The van der Waals surface area contributed by atoms with Crippen molar-refractivity contribution in [1.82, 2.24) is 0 Å². The van der Waals surface area contributed by atoms with Crippen LogP contribution in [0.3, 0.4) is 0 Å². The van der Waals surface area contributed by atoms with E-state index in [1.807, 2.05) is 0 Å². The molecule has 0 spiro atoms. The molecule has 52 heavy (non-hydrogen) atoms. The van der Waals surface area contributed by atoms with Crippen molar-refractivity contribution in [1.29, 1.82) is 0 Å². The second-order valence-corrected chi connectivity index (χ2v) is 26.0. The first-order valence-electron chi connectivity index (χ1n) is 17.3. The van der Waals surface area contributed by atoms with Gasteiger partial charge in [-0.2, -0.15) is 0 Å². The van der Waals surface area contributed by atoms with Crippen molar-refractivity contribution in [2.24, 2.45) is 0 Å². The summed E-state index contributed by atoms with van der Waals surface area (Å²) in [5, 5.41) is 10.7. The molecule has 0 aliphatic carbocycles. The molecule has 0 amide bonds. The van der Waals surface area contributed by atoms with E-state index in [9.17, 15) is 0 Å². The van der Waals surface area contributed by atoms with Crippen molar-refractivity contribution >= 4 is 84.4 Å². The molecule has 0 saturated heterocycles. The molecule has 0 aromatic heterocycles. The molecule has 0 aliphatic rings. The average Bonchev–Trinajstić information content (AvgIpc) is 3.23. The van der Waals surface area contributed by atoms with E-state index < -0.39 is 12.6 Å². The monoisotopic (exact) mass is 794 g/mol. The Morgan fingerprint density at radius 1 is 0.173 bits per heavy atom. The van der Waals surface area contributed by atoms with Crippen molar-refractivity contribution in [3.63, 3.8) is 0 Å². The fourth-order valence-corrected chi connectivity index (χ4v) is 37.0. The Balaban J connectivity index is 0.00000232. The van der Waals surface area contributed by atoms with Crippen LogP contribution in [-0.4, -0.2) is 0 Å². The summed E-state index contributed by atoms with van der Waals surface area (Å²) in [6.07, 6.45) is -8.39. The van der Waals surface area contributed by atoms with Crippen molar-refractivity contribution in [2.75, 3.05) is 0 Å². The summed E-state index contributed by atoms with van der Waals surface area (Å²) in [5.74, 6) is 0. The van der Waals surface area contributed by atoms with Gasteiger partial charge >= 0.3 is 298 Å². The van der Waals surface area contributed by atoms with Crippen LogP contribution in [0.1, 0.15) is 0 Å². The molecule has 8 aromatic carbocycles. The minimum absolute atomic E-state index is 0. The Kier molecular flexibility index (Phi) is 10.8. The van der Waals surface area contributed by atoms with Gasteiger partial charge in [0, 0.05) is 0 Å². The van der Waals surface area contributed by atoms with E-state index in [0.29, 0.717) is 0 Å². The first-order chi connectivity index (χ1) is 24.8. The molecule has 0 radical (unpaired) electrons. The minimum atomic E-state index is -4.19.